The third-order valence-corrected chi connectivity index (χ3v) is 4.70. The molecule has 3 unspecified atom stereocenters. The van der Waals surface area contributed by atoms with Crippen molar-refractivity contribution < 1.29 is 19.8 Å². The molecule has 5 heteroatoms. The summed E-state index contributed by atoms with van der Waals surface area (Å²) in [5.41, 5.74) is 0. The Morgan fingerprint density at radius 2 is 1.79 bits per heavy atom. The molecule has 0 spiro atoms. The van der Waals surface area contributed by atoms with E-state index in [9.17, 15) is 19.8 Å². The first-order valence-corrected chi connectivity index (χ1v) is 7.13. The maximum atomic E-state index is 12.2. The molecule has 1 heterocycles. The summed E-state index contributed by atoms with van der Waals surface area (Å²) in [6, 6.07) is -0.158. The zero-order valence-corrected chi connectivity index (χ0v) is 11.6. The van der Waals surface area contributed by atoms with Crippen LogP contribution in [0.3, 0.4) is 0 Å². The standard InChI is InChI=1S/C14H23NO4/c1-8-7-12(17)15(9(2)13(8)14(18)19)10-3-5-11(16)6-4-10/h8-11,13,16H,3-7H2,1-2H3,(H,18,19). The first-order chi connectivity index (χ1) is 8.91. The summed E-state index contributed by atoms with van der Waals surface area (Å²) in [6.45, 7) is 3.69. The lowest BCUT2D eigenvalue weighted by atomic mass is 9.78. The molecule has 1 amide bonds. The number of amides is 1. The van der Waals surface area contributed by atoms with Crippen molar-refractivity contribution in [3.8, 4) is 0 Å². The van der Waals surface area contributed by atoms with Crippen LogP contribution >= 0.6 is 0 Å². The monoisotopic (exact) mass is 269 g/mol. The van der Waals surface area contributed by atoms with Crippen molar-refractivity contribution in [3.05, 3.63) is 0 Å². The highest BCUT2D eigenvalue weighted by Crippen LogP contribution is 2.35. The second kappa shape index (κ2) is 5.49. The van der Waals surface area contributed by atoms with E-state index >= 15 is 0 Å². The number of carbonyl (C=O) groups excluding carboxylic acids is 1. The Morgan fingerprint density at radius 3 is 2.32 bits per heavy atom. The summed E-state index contributed by atoms with van der Waals surface area (Å²) in [4.78, 5) is 25.4. The fourth-order valence-electron chi connectivity index (χ4n) is 3.71. The summed E-state index contributed by atoms with van der Waals surface area (Å²) in [7, 11) is 0. The highest BCUT2D eigenvalue weighted by molar-refractivity contribution is 5.82. The molecule has 1 aliphatic heterocycles. The molecular weight excluding hydrogens is 246 g/mol. The van der Waals surface area contributed by atoms with E-state index in [1.807, 2.05) is 13.8 Å². The average Bonchev–Trinajstić information content (AvgIpc) is 2.30. The van der Waals surface area contributed by atoms with Gasteiger partial charge in [0.15, 0.2) is 0 Å². The molecule has 2 N–H and O–H groups in total. The van der Waals surface area contributed by atoms with E-state index < -0.39 is 11.9 Å². The second-order valence-corrected chi connectivity index (χ2v) is 6.05. The summed E-state index contributed by atoms with van der Waals surface area (Å²) in [5, 5.41) is 18.9. The number of likely N-dealkylation sites (tertiary alicyclic amines) is 1. The van der Waals surface area contributed by atoms with Gasteiger partial charge in [-0.3, -0.25) is 9.59 Å². The quantitative estimate of drug-likeness (QED) is 0.791. The van der Waals surface area contributed by atoms with E-state index in [0.717, 1.165) is 12.8 Å². The molecule has 2 fully saturated rings. The van der Waals surface area contributed by atoms with Crippen LogP contribution in [-0.4, -0.2) is 45.2 Å². The van der Waals surface area contributed by atoms with E-state index in [4.69, 9.17) is 0 Å². The Labute approximate surface area is 113 Å². The first kappa shape index (κ1) is 14.3. The van der Waals surface area contributed by atoms with Crippen molar-refractivity contribution in [2.24, 2.45) is 11.8 Å². The highest BCUT2D eigenvalue weighted by Gasteiger charge is 2.44. The number of carboxylic acid groups (broad SMARTS) is 1. The third kappa shape index (κ3) is 2.76. The van der Waals surface area contributed by atoms with Crippen molar-refractivity contribution in [1.29, 1.82) is 0 Å². The molecule has 2 aliphatic rings. The van der Waals surface area contributed by atoms with Crippen LogP contribution in [0.2, 0.25) is 0 Å². The van der Waals surface area contributed by atoms with E-state index in [1.54, 1.807) is 4.90 Å². The molecular formula is C14H23NO4. The lowest BCUT2D eigenvalue weighted by Gasteiger charge is -2.46. The van der Waals surface area contributed by atoms with Gasteiger partial charge in [-0.25, -0.2) is 0 Å². The largest absolute Gasteiger partial charge is 0.481 e. The van der Waals surface area contributed by atoms with Gasteiger partial charge in [0.25, 0.3) is 0 Å². The summed E-state index contributed by atoms with van der Waals surface area (Å²) in [5.74, 6) is -1.33. The smallest absolute Gasteiger partial charge is 0.308 e. The summed E-state index contributed by atoms with van der Waals surface area (Å²) >= 11 is 0. The molecule has 3 atom stereocenters. The molecule has 108 valence electrons. The van der Waals surface area contributed by atoms with Gasteiger partial charge < -0.3 is 15.1 Å². The number of nitrogens with zero attached hydrogens (tertiary/aromatic N) is 1. The van der Waals surface area contributed by atoms with Crippen LogP contribution in [0.5, 0.6) is 0 Å². The van der Waals surface area contributed by atoms with Crippen LogP contribution in [0, 0.1) is 11.8 Å². The van der Waals surface area contributed by atoms with Crippen LogP contribution in [0.4, 0.5) is 0 Å². The number of aliphatic hydroxyl groups is 1. The lowest BCUT2D eigenvalue weighted by molar-refractivity contribution is -0.158. The molecule has 0 aromatic carbocycles. The molecule has 1 saturated heterocycles. The number of rotatable bonds is 2. The van der Waals surface area contributed by atoms with Gasteiger partial charge in [-0.1, -0.05) is 6.92 Å². The Hall–Kier alpha value is -1.10. The van der Waals surface area contributed by atoms with Crippen LogP contribution in [0.25, 0.3) is 0 Å². The molecule has 19 heavy (non-hydrogen) atoms. The number of hydrogen-bond acceptors (Lipinski definition) is 3. The number of piperidine rings is 1. The van der Waals surface area contributed by atoms with Crippen LogP contribution < -0.4 is 0 Å². The first-order valence-electron chi connectivity index (χ1n) is 7.13. The fraction of sp³-hybridized carbons (Fsp3) is 0.857. The zero-order valence-electron chi connectivity index (χ0n) is 11.6. The van der Waals surface area contributed by atoms with Gasteiger partial charge in [0.2, 0.25) is 5.91 Å². The Bertz CT molecular complexity index is 362. The van der Waals surface area contributed by atoms with E-state index in [2.05, 4.69) is 0 Å². The Morgan fingerprint density at radius 1 is 1.21 bits per heavy atom. The number of carbonyl (C=O) groups is 2. The summed E-state index contributed by atoms with van der Waals surface area (Å²) < 4.78 is 0. The van der Waals surface area contributed by atoms with Crippen molar-refractivity contribution in [2.45, 2.75) is 64.1 Å². The number of aliphatic hydroxyl groups excluding tert-OH is 1. The fourth-order valence-corrected chi connectivity index (χ4v) is 3.71. The molecule has 0 aromatic heterocycles. The topological polar surface area (TPSA) is 77.8 Å². The number of hydrogen-bond donors (Lipinski definition) is 2. The number of carboxylic acids is 1. The van der Waals surface area contributed by atoms with Gasteiger partial charge in [-0.15, -0.1) is 0 Å². The predicted molar refractivity (Wildman–Crippen MR) is 69.5 cm³/mol. The molecule has 2 rings (SSSR count). The van der Waals surface area contributed by atoms with Crippen molar-refractivity contribution in [1.82, 2.24) is 4.90 Å². The minimum Gasteiger partial charge on any atom is -0.481 e. The number of aliphatic carboxylic acids is 1. The normalized spacial score (nSPS) is 40.3. The van der Waals surface area contributed by atoms with Crippen LogP contribution in [0.1, 0.15) is 46.0 Å². The minimum absolute atomic E-state index is 0.0684. The maximum Gasteiger partial charge on any atom is 0.308 e. The van der Waals surface area contributed by atoms with E-state index in [-0.39, 0.29) is 30.0 Å². The van der Waals surface area contributed by atoms with Crippen molar-refractivity contribution in [2.75, 3.05) is 0 Å². The second-order valence-electron chi connectivity index (χ2n) is 6.05. The average molecular weight is 269 g/mol. The van der Waals surface area contributed by atoms with Gasteiger partial charge >= 0.3 is 5.97 Å². The Kier molecular flexibility index (Phi) is 4.13. The Balaban J connectivity index is 2.14. The van der Waals surface area contributed by atoms with Gasteiger partial charge in [0.05, 0.1) is 12.0 Å². The lowest BCUT2D eigenvalue weighted by Crippen LogP contribution is -2.57. The molecule has 5 nitrogen and oxygen atoms in total. The molecule has 1 saturated carbocycles. The van der Waals surface area contributed by atoms with E-state index in [0.29, 0.717) is 19.3 Å². The molecule has 1 aliphatic carbocycles. The van der Waals surface area contributed by atoms with Gasteiger partial charge in [0.1, 0.15) is 0 Å². The van der Waals surface area contributed by atoms with Gasteiger partial charge in [0, 0.05) is 18.5 Å². The van der Waals surface area contributed by atoms with Crippen LogP contribution in [0.15, 0.2) is 0 Å². The van der Waals surface area contributed by atoms with Gasteiger partial charge in [-0.2, -0.15) is 0 Å². The van der Waals surface area contributed by atoms with Crippen LogP contribution in [-0.2, 0) is 9.59 Å². The zero-order chi connectivity index (χ0) is 14.2. The molecule has 0 aromatic rings. The van der Waals surface area contributed by atoms with Gasteiger partial charge in [-0.05, 0) is 38.5 Å². The van der Waals surface area contributed by atoms with E-state index in [1.165, 1.54) is 0 Å². The third-order valence-electron chi connectivity index (χ3n) is 4.70. The van der Waals surface area contributed by atoms with Crippen molar-refractivity contribution >= 4 is 11.9 Å². The SMILES string of the molecule is CC1CC(=O)N(C2CCC(O)CC2)C(C)C1C(=O)O. The predicted octanol–water partition coefficient (Wildman–Crippen LogP) is 1.25. The van der Waals surface area contributed by atoms with Crippen molar-refractivity contribution in [3.63, 3.8) is 0 Å². The molecule has 0 bridgehead atoms. The highest BCUT2D eigenvalue weighted by atomic mass is 16.4. The summed E-state index contributed by atoms with van der Waals surface area (Å²) in [6.07, 6.45) is 3.01. The maximum absolute atomic E-state index is 12.2. The minimum atomic E-state index is -0.812. The molecule has 0 radical (unpaired) electrons.